The summed E-state index contributed by atoms with van der Waals surface area (Å²) in [7, 11) is 1.98. The smallest absolute Gasteiger partial charge is 0.282 e. The number of nitriles is 1. The number of para-hydroxylation sites is 1. The van der Waals surface area contributed by atoms with Gasteiger partial charge in [-0.15, -0.1) is 0 Å². The first kappa shape index (κ1) is 18.5. The van der Waals surface area contributed by atoms with Crippen LogP contribution in [-0.4, -0.2) is 25.6 Å². The highest BCUT2D eigenvalue weighted by Crippen LogP contribution is 2.14. The van der Waals surface area contributed by atoms with Gasteiger partial charge in [0.25, 0.3) is 5.91 Å². The van der Waals surface area contributed by atoms with Gasteiger partial charge in [-0.05, 0) is 50.2 Å². The van der Waals surface area contributed by atoms with Crippen molar-refractivity contribution in [3.05, 3.63) is 59.7 Å². The van der Waals surface area contributed by atoms with E-state index in [1.54, 1.807) is 24.3 Å². The van der Waals surface area contributed by atoms with E-state index in [1.165, 1.54) is 0 Å². The third-order valence-electron chi connectivity index (χ3n) is 4.16. The Balaban J connectivity index is 1.97. The number of amides is 1. The molecule has 0 radical (unpaired) electrons. The first-order chi connectivity index (χ1) is 12.0. The lowest BCUT2D eigenvalue weighted by atomic mass is 10.1. The van der Waals surface area contributed by atoms with Gasteiger partial charge in [-0.25, -0.2) is 0 Å². The van der Waals surface area contributed by atoms with Crippen LogP contribution < -0.4 is 15.0 Å². The largest absolute Gasteiger partial charge is 0.494 e. The van der Waals surface area contributed by atoms with Crippen LogP contribution in [0.3, 0.4) is 0 Å². The second kappa shape index (κ2) is 8.86. The van der Waals surface area contributed by atoms with E-state index in [1.807, 2.05) is 45.2 Å². The van der Waals surface area contributed by atoms with Crippen molar-refractivity contribution in [2.75, 3.05) is 19.0 Å². The van der Waals surface area contributed by atoms with Gasteiger partial charge in [-0.2, -0.15) is 5.26 Å². The van der Waals surface area contributed by atoms with Crippen LogP contribution in [0, 0.1) is 11.3 Å². The van der Waals surface area contributed by atoms with Gasteiger partial charge in [0.15, 0.2) is 6.04 Å². The average Bonchev–Trinajstić information content (AvgIpc) is 2.63. The van der Waals surface area contributed by atoms with Crippen LogP contribution in [-0.2, 0) is 11.3 Å². The fourth-order valence-corrected chi connectivity index (χ4v) is 2.50. The van der Waals surface area contributed by atoms with E-state index in [0.717, 1.165) is 22.8 Å². The number of hydrogen-bond acceptors (Lipinski definition) is 3. The van der Waals surface area contributed by atoms with Crippen LogP contribution in [0.15, 0.2) is 48.5 Å². The lowest BCUT2D eigenvalue weighted by molar-refractivity contribution is -0.907. The molecule has 2 N–H and O–H groups in total. The highest BCUT2D eigenvalue weighted by molar-refractivity contribution is 5.94. The molecule has 0 bridgehead atoms. The summed E-state index contributed by atoms with van der Waals surface area (Å²) < 4.78 is 5.44. The first-order valence-electron chi connectivity index (χ1n) is 8.39. The molecule has 130 valence electrons. The molecule has 0 saturated carbocycles. The predicted molar refractivity (Wildman–Crippen MR) is 97.5 cm³/mol. The normalized spacial score (nSPS) is 12.7. The van der Waals surface area contributed by atoms with Crippen molar-refractivity contribution in [2.45, 2.75) is 26.4 Å². The van der Waals surface area contributed by atoms with E-state index in [4.69, 9.17) is 10.00 Å². The maximum absolute atomic E-state index is 12.5. The zero-order valence-corrected chi connectivity index (χ0v) is 14.9. The Morgan fingerprint density at radius 3 is 2.56 bits per heavy atom. The molecule has 2 aromatic rings. The molecule has 0 fully saturated rings. The maximum Gasteiger partial charge on any atom is 0.282 e. The highest BCUT2D eigenvalue weighted by Gasteiger charge is 2.22. The zero-order chi connectivity index (χ0) is 18.2. The fraction of sp³-hybridized carbons (Fsp3) is 0.300. The van der Waals surface area contributed by atoms with Crippen LogP contribution >= 0.6 is 0 Å². The Morgan fingerprint density at radius 1 is 1.24 bits per heavy atom. The molecule has 25 heavy (non-hydrogen) atoms. The molecule has 0 aliphatic rings. The van der Waals surface area contributed by atoms with E-state index in [9.17, 15) is 4.79 Å². The maximum atomic E-state index is 12.5. The Bertz CT molecular complexity index is 750. The van der Waals surface area contributed by atoms with E-state index >= 15 is 0 Å². The van der Waals surface area contributed by atoms with Gasteiger partial charge < -0.3 is 15.0 Å². The molecule has 0 saturated heterocycles. The second-order valence-corrected chi connectivity index (χ2v) is 5.97. The molecular formula is C20H24N3O2+. The molecule has 0 heterocycles. The quantitative estimate of drug-likeness (QED) is 0.811. The van der Waals surface area contributed by atoms with Gasteiger partial charge in [-0.3, -0.25) is 4.79 Å². The second-order valence-electron chi connectivity index (χ2n) is 5.97. The third kappa shape index (κ3) is 5.07. The number of carbonyl (C=O) groups excluding carboxylic acids is 1. The lowest BCUT2D eigenvalue weighted by Gasteiger charge is -2.21. The minimum Gasteiger partial charge on any atom is -0.494 e. The minimum absolute atomic E-state index is 0.105. The lowest BCUT2D eigenvalue weighted by Crippen LogP contribution is -3.12. The highest BCUT2D eigenvalue weighted by atomic mass is 16.5. The number of ether oxygens (including phenoxy) is 1. The standard InChI is InChI=1S/C20H23N3O2/c1-4-25-18-11-9-16(10-12-18)14-23(3)15(2)20(24)22-19-8-6-5-7-17(19)13-21/h5-12,15H,4,14H2,1-3H3,(H,22,24)/p+1/t15-/m0/s1. The summed E-state index contributed by atoms with van der Waals surface area (Å²) >= 11 is 0. The minimum atomic E-state index is -0.252. The summed E-state index contributed by atoms with van der Waals surface area (Å²) in [6.07, 6.45) is 0. The molecule has 2 rings (SSSR count). The van der Waals surface area contributed by atoms with Gasteiger partial charge in [0.2, 0.25) is 0 Å². The molecule has 5 heteroatoms. The van der Waals surface area contributed by atoms with E-state index in [-0.39, 0.29) is 11.9 Å². The molecule has 0 spiro atoms. The summed E-state index contributed by atoms with van der Waals surface area (Å²) in [4.78, 5) is 13.6. The van der Waals surface area contributed by atoms with Gasteiger partial charge >= 0.3 is 0 Å². The molecule has 0 aromatic heterocycles. The van der Waals surface area contributed by atoms with Crippen molar-refractivity contribution in [1.29, 1.82) is 5.26 Å². The van der Waals surface area contributed by atoms with Crippen LogP contribution in [0.5, 0.6) is 5.75 Å². The van der Waals surface area contributed by atoms with Crippen LogP contribution in [0.4, 0.5) is 5.69 Å². The van der Waals surface area contributed by atoms with Gasteiger partial charge in [0, 0.05) is 5.56 Å². The average molecular weight is 338 g/mol. The summed E-state index contributed by atoms with van der Waals surface area (Å²) in [5, 5.41) is 12.0. The SMILES string of the molecule is CCOc1ccc(C[NH+](C)[C@@H](C)C(=O)Nc2ccccc2C#N)cc1. The van der Waals surface area contributed by atoms with Crippen molar-refractivity contribution >= 4 is 11.6 Å². The summed E-state index contributed by atoms with van der Waals surface area (Å²) in [6.45, 7) is 5.21. The van der Waals surface area contributed by atoms with Gasteiger partial charge in [-0.1, -0.05) is 12.1 Å². The predicted octanol–water partition coefficient (Wildman–Crippen LogP) is 2.00. The van der Waals surface area contributed by atoms with Gasteiger partial charge in [0.1, 0.15) is 18.4 Å². The van der Waals surface area contributed by atoms with Crippen LogP contribution in [0.2, 0.25) is 0 Å². The van der Waals surface area contributed by atoms with Crippen molar-refractivity contribution in [2.24, 2.45) is 0 Å². The van der Waals surface area contributed by atoms with Gasteiger partial charge in [0.05, 0.1) is 24.9 Å². The first-order valence-corrected chi connectivity index (χ1v) is 8.39. The molecule has 2 atom stereocenters. The molecule has 1 unspecified atom stereocenters. The van der Waals surface area contributed by atoms with Crippen molar-refractivity contribution < 1.29 is 14.4 Å². The summed E-state index contributed by atoms with van der Waals surface area (Å²) in [5.74, 6) is 0.744. The van der Waals surface area contributed by atoms with Crippen molar-refractivity contribution in [1.82, 2.24) is 0 Å². The van der Waals surface area contributed by atoms with E-state index in [2.05, 4.69) is 11.4 Å². The van der Waals surface area contributed by atoms with Crippen LogP contribution in [0.1, 0.15) is 25.0 Å². The number of benzene rings is 2. The number of nitrogens with zero attached hydrogens (tertiary/aromatic N) is 1. The molecule has 5 nitrogen and oxygen atoms in total. The van der Waals surface area contributed by atoms with Crippen molar-refractivity contribution in [3.8, 4) is 11.8 Å². The Labute approximate surface area is 148 Å². The van der Waals surface area contributed by atoms with Crippen molar-refractivity contribution in [3.63, 3.8) is 0 Å². The number of quaternary nitrogens is 1. The molecule has 2 aromatic carbocycles. The Morgan fingerprint density at radius 2 is 1.92 bits per heavy atom. The number of hydrogen-bond donors (Lipinski definition) is 2. The number of likely N-dealkylation sites (N-methyl/N-ethyl adjacent to an activating group) is 1. The summed E-state index contributed by atoms with van der Waals surface area (Å²) in [5.41, 5.74) is 2.15. The third-order valence-corrected chi connectivity index (χ3v) is 4.16. The Hall–Kier alpha value is -2.84. The van der Waals surface area contributed by atoms with E-state index in [0.29, 0.717) is 17.9 Å². The van der Waals surface area contributed by atoms with E-state index < -0.39 is 0 Å². The van der Waals surface area contributed by atoms with Crippen LogP contribution in [0.25, 0.3) is 0 Å². The molecule has 0 aliphatic heterocycles. The zero-order valence-electron chi connectivity index (χ0n) is 14.9. The summed E-state index contributed by atoms with van der Waals surface area (Å²) in [6, 6.07) is 16.8. The topological polar surface area (TPSA) is 66.6 Å². The Kier molecular flexibility index (Phi) is 6.55. The number of anilines is 1. The number of nitrogens with one attached hydrogen (secondary N) is 2. The fourth-order valence-electron chi connectivity index (χ4n) is 2.50. The number of carbonyl (C=O) groups is 1. The number of rotatable bonds is 7. The molecule has 1 amide bonds. The molecule has 0 aliphatic carbocycles. The molecular weight excluding hydrogens is 314 g/mol. The monoisotopic (exact) mass is 338 g/mol.